The monoisotopic (exact) mass is 392 g/mol. The molecule has 0 radical (unpaired) electrons. The van der Waals surface area contributed by atoms with Gasteiger partial charge in [-0.15, -0.1) is 0 Å². The summed E-state index contributed by atoms with van der Waals surface area (Å²) >= 11 is 0. The van der Waals surface area contributed by atoms with Crippen LogP contribution in [0.1, 0.15) is 16.7 Å². The van der Waals surface area contributed by atoms with Crippen LogP contribution in [0.25, 0.3) is 0 Å². The average molecular weight is 393 g/mol. The Morgan fingerprint density at radius 3 is 2.36 bits per heavy atom. The number of hydrogen-bond donors (Lipinski definition) is 1. The van der Waals surface area contributed by atoms with Crippen molar-refractivity contribution in [2.75, 3.05) is 11.4 Å². The normalized spacial score (nSPS) is 16.6. The van der Waals surface area contributed by atoms with Crippen LogP contribution in [-0.2, 0) is 23.0 Å². The van der Waals surface area contributed by atoms with E-state index in [1.807, 2.05) is 24.3 Å². The van der Waals surface area contributed by atoms with Gasteiger partial charge in [0.05, 0.1) is 4.90 Å². The van der Waals surface area contributed by atoms with Gasteiger partial charge in [-0.3, -0.25) is 0 Å². The minimum absolute atomic E-state index is 0.178. The molecule has 3 aromatic carbocycles. The number of benzene rings is 3. The number of sulfonamides is 1. The predicted octanol–water partition coefficient (Wildman–Crippen LogP) is 3.90. The lowest BCUT2D eigenvalue weighted by Crippen LogP contribution is -2.48. The molecule has 0 spiro atoms. The van der Waals surface area contributed by atoms with Gasteiger partial charge in [-0.05, 0) is 42.7 Å². The minimum Gasteiger partial charge on any atom is -0.365 e. The van der Waals surface area contributed by atoms with Crippen LogP contribution in [0.5, 0.6) is 0 Å². The molecule has 1 N–H and O–H groups in total. The summed E-state index contributed by atoms with van der Waals surface area (Å²) in [7, 11) is -3.55. The average Bonchev–Trinajstić information content (AvgIpc) is 2.69. The summed E-state index contributed by atoms with van der Waals surface area (Å²) < 4.78 is 28.5. The molecule has 1 aliphatic rings. The molecular formula is C23H24N2O2S. The molecule has 0 aromatic heterocycles. The number of anilines is 1. The molecule has 28 heavy (non-hydrogen) atoms. The third kappa shape index (κ3) is 4.11. The minimum atomic E-state index is -3.55. The standard InChI is InChI=1S/C23H24N2O2S/c1-18-12-13-23-20(14-18)15-21(17-25(23)16-19-8-4-2-5-9-19)24-28(26,27)22-10-6-3-7-11-22/h2-14,21,24H,15-17H2,1H3. The Balaban J connectivity index is 1.62. The Morgan fingerprint density at radius 1 is 0.964 bits per heavy atom. The Labute approximate surface area is 166 Å². The van der Waals surface area contributed by atoms with Crippen molar-refractivity contribution in [2.45, 2.75) is 30.8 Å². The third-order valence-electron chi connectivity index (χ3n) is 5.07. The van der Waals surface area contributed by atoms with Crippen molar-refractivity contribution >= 4 is 15.7 Å². The van der Waals surface area contributed by atoms with Crippen molar-refractivity contribution in [1.29, 1.82) is 0 Å². The fourth-order valence-corrected chi connectivity index (χ4v) is 5.05. The van der Waals surface area contributed by atoms with Crippen molar-refractivity contribution < 1.29 is 8.42 Å². The maximum absolute atomic E-state index is 12.8. The molecule has 1 aliphatic heterocycles. The van der Waals surface area contributed by atoms with Crippen LogP contribution in [0.15, 0.2) is 83.8 Å². The fourth-order valence-electron chi connectivity index (χ4n) is 3.80. The zero-order chi connectivity index (χ0) is 19.6. The fraction of sp³-hybridized carbons (Fsp3) is 0.217. The van der Waals surface area contributed by atoms with E-state index < -0.39 is 10.0 Å². The highest BCUT2D eigenvalue weighted by molar-refractivity contribution is 7.89. The van der Waals surface area contributed by atoms with E-state index in [9.17, 15) is 8.42 Å². The molecule has 4 nitrogen and oxygen atoms in total. The highest BCUT2D eigenvalue weighted by atomic mass is 32.2. The molecule has 5 heteroatoms. The molecule has 0 fully saturated rings. The number of nitrogens with one attached hydrogen (secondary N) is 1. The highest BCUT2D eigenvalue weighted by Gasteiger charge is 2.28. The number of hydrogen-bond acceptors (Lipinski definition) is 3. The van der Waals surface area contributed by atoms with Crippen molar-refractivity contribution in [1.82, 2.24) is 4.72 Å². The highest BCUT2D eigenvalue weighted by Crippen LogP contribution is 2.30. The van der Waals surface area contributed by atoms with Gasteiger partial charge < -0.3 is 4.90 Å². The molecule has 0 saturated carbocycles. The van der Waals surface area contributed by atoms with Gasteiger partial charge in [-0.2, -0.15) is 0 Å². The van der Waals surface area contributed by atoms with E-state index in [0.29, 0.717) is 17.9 Å². The molecule has 1 heterocycles. The first-order valence-electron chi connectivity index (χ1n) is 9.47. The maximum Gasteiger partial charge on any atom is 0.240 e. The smallest absolute Gasteiger partial charge is 0.240 e. The molecule has 0 aliphatic carbocycles. The summed E-state index contributed by atoms with van der Waals surface area (Å²) in [4.78, 5) is 2.57. The van der Waals surface area contributed by atoms with E-state index >= 15 is 0 Å². The molecular weight excluding hydrogens is 368 g/mol. The lowest BCUT2D eigenvalue weighted by molar-refractivity contribution is 0.524. The van der Waals surface area contributed by atoms with Crippen LogP contribution in [-0.4, -0.2) is 21.0 Å². The van der Waals surface area contributed by atoms with Gasteiger partial charge in [0.15, 0.2) is 0 Å². The van der Waals surface area contributed by atoms with Crippen molar-refractivity contribution in [3.63, 3.8) is 0 Å². The Hall–Kier alpha value is -2.63. The first-order valence-corrected chi connectivity index (χ1v) is 11.0. The summed E-state index contributed by atoms with van der Waals surface area (Å²) in [6.07, 6.45) is 0.689. The van der Waals surface area contributed by atoms with Crippen LogP contribution >= 0.6 is 0 Å². The second kappa shape index (κ2) is 7.78. The van der Waals surface area contributed by atoms with Crippen molar-refractivity contribution in [3.8, 4) is 0 Å². The number of nitrogens with zero attached hydrogens (tertiary/aromatic N) is 1. The summed E-state index contributed by atoms with van der Waals surface area (Å²) in [5, 5.41) is 0. The number of fused-ring (bicyclic) bond motifs is 1. The summed E-state index contributed by atoms with van der Waals surface area (Å²) in [5.41, 5.74) is 4.76. The maximum atomic E-state index is 12.8. The zero-order valence-corrected chi connectivity index (χ0v) is 16.7. The molecule has 0 saturated heterocycles. The third-order valence-corrected chi connectivity index (χ3v) is 6.61. The van der Waals surface area contributed by atoms with Gasteiger partial charge in [-0.25, -0.2) is 13.1 Å². The van der Waals surface area contributed by atoms with Gasteiger partial charge in [0.25, 0.3) is 0 Å². The van der Waals surface area contributed by atoms with E-state index in [4.69, 9.17) is 0 Å². The molecule has 1 atom stereocenters. The summed E-state index contributed by atoms with van der Waals surface area (Å²) in [6.45, 7) is 3.46. The van der Waals surface area contributed by atoms with Gasteiger partial charge >= 0.3 is 0 Å². The Morgan fingerprint density at radius 2 is 1.64 bits per heavy atom. The van der Waals surface area contributed by atoms with Gasteiger partial charge in [0, 0.05) is 24.8 Å². The van der Waals surface area contributed by atoms with Gasteiger partial charge in [0.1, 0.15) is 0 Å². The SMILES string of the molecule is Cc1ccc2c(c1)CC(NS(=O)(=O)c1ccccc1)CN2Cc1ccccc1. The van der Waals surface area contributed by atoms with Crippen LogP contribution in [0.3, 0.4) is 0 Å². The first kappa shape index (κ1) is 18.7. The first-order chi connectivity index (χ1) is 13.5. The summed E-state index contributed by atoms with van der Waals surface area (Å²) in [5.74, 6) is 0. The number of rotatable bonds is 5. The van der Waals surface area contributed by atoms with Crippen LogP contribution in [0.2, 0.25) is 0 Å². The lowest BCUT2D eigenvalue weighted by atomic mass is 9.96. The molecule has 0 bridgehead atoms. The molecule has 0 amide bonds. The van der Waals surface area contributed by atoms with E-state index in [0.717, 1.165) is 6.54 Å². The van der Waals surface area contributed by atoms with Crippen LogP contribution in [0, 0.1) is 6.92 Å². The largest absolute Gasteiger partial charge is 0.365 e. The van der Waals surface area contributed by atoms with E-state index in [1.165, 1.54) is 22.4 Å². The molecule has 1 unspecified atom stereocenters. The van der Waals surface area contributed by atoms with E-state index in [2.05, 4.69) is 46.9 Å². The Bertz CT molecular complexity index is 1050. The second-order valence-corrected chi connectivity index (χ2v) is 9.05. The predicted molar refractivity (Wildman–Crippen MR) is 113 cm³/mol. The van der Waals surface area contributed by atoms with Crippen molar-refractivity contribution in [2.24, 2.45) is 0 Å². The zero-order valence-electron chi connectivity index (χ0n) is 15.9. The van der Waals surface area contributed by atoms with Crippen LogP contribution in [0.4, 0.5) is 5.69 Å². The molecule has 144 valence electrons. The van der Waals surface area contributed by atoms with E-state index in [-0.39, 0.29) is 6.04 Å². The van der Waals surface area contributed by atoms with Gasteiger partial charge in [-0.1, -0.05) is 66.2 Å². The summed E-state index contributed by atoms with van der Waals surface area (Å²) in [6, 6.07) is 25.1. The lowest BCUT2D eigenvalue weighted by Gasteiger charge is -2.36. The topological polar surface area (TPSA) is 49.4 Å². The quantitative estimate of drug-likeness (QED) is 0.716. The Kier molecular flexibility index (Phi) is 5.20. The van der Waals surface area contributed by atoms with Crippen molar-refractivity contribution in [3.05, 3.63) is 95.6 Å². The second-order valence-electron chi connectivity index (χ2n) is 7.33. The van der Waals surface area contributed by atoms with Gasteiger partial charge in [0.2, 0.25) is 10.0 Å². The molecule has 4 rings (SSSR count). The van der Waals surface area contributed by atoms with Crippen LogP contribution < -0.4 is 9.62 Å². The van der Waals surface area contributed by atoms with E-state index in [1.54, 1.807) is 24.3 Å². The number of aryl methyl sites for hydroxylation is 1. The molecule has 3 aromatic rings.